The molecule has 188 valence electrons. The summed E-state index contributed by atoms with van der Waals surface area (Å²) in [6.07, 6.45) is 15.2. The molecule has 2 aromatic rings. The lowest BCUT2D eigenvalue weighted by molar-refractivity contribution is 0.286. The molecule has 5 nitrogen and oxygen atoms in total. The lowest BCUT2D eigenvalue weighted by Crippen LogP contribution is -2.10. The molecule has 0 heterocycles. The van der Waals surface area contributed by atoms with Gasteiger partial charge in [0.2, 0.25) is 0 Å². The number of unbranched alkanes of at least 4 members (excludes halogenated alkanes) is 1. The van der Waals surface area contributed by atoms with Crippen LogP contribution in [0.2, 0.25) is 0 Å². The lowest BCUT2D eigenvalue weighted by Gasteiger charge is -2.14. The van der Waals surface area contributed by atoms with Crippen LogP contribution in [0.25, 0.3) is 5.70 Å². The fraction of sp³-hybridized carbons (Fsp3) is 0.433. The maximum Gasteiger partial charge on any atom is 0.122 e. The van der Waals surface area contributed by atoms with Gasteiger partial charge in [-0.05, 0) is 118 Å². The second kappa shape index (κ2) is 14.2. The average Bonchev–Trinajstić information content (AvgIpc) is 3.11. The molecule has 0 radical (unpaired) electrons. The van der Waals surface area contributed by atoms with E-state index in [4.69, 9.17) is 26.4 Å². The number of rotatable bonds is 12. The van der Waals surface area contributed by atoms with Crippen LogP contribution in [0.5, 0.6) is 11.5 Å². The largest absolute Gasteiger partial charge is 0.494 e. The van der Waals surface area contributed by atoms with Crippen LogP contribution in [0.15, 0.2) is 66.3 Å². The maximum absolute atomic E-state index is 7.45. The Morgan fingerprint density at radius 1 is 0.886 bits per heavy atom. The number of ether oxygens (including phenoxy) is 2. The quantitative estimate of drug-likeness (QED) is 0.103. The van der Waals surface area contributed by atoms with Crippen LogP contribution in [-0.4, -0.2) is 19.0 Å². The molecule has 1 aliphatic rings. The molecule has 3 rings (SSSR count). The Hall–Kier alpha value is -3.21. The third-order valence-corrected chi connectivity index (χ3v) is 6.72. The fourth-order valence-electron chi connectivity index (χ4n) is 4.55. The number of allylic oxidation sites excluding steroid dienone is 3. The molecule has 0 aromatic heterocycles. The number of hydrogen-bond acceptors (Lipinski definition) is 4. The van der Waals surface area contributed by atoms with Gasteiger partial charge in [-0.2, -0.15) is 0 Å². The molecule has 0 spiro atoms. The van der Waals surface area contributed by atoms with Crippen LogP contribution in [0.3, 0.4) is 0 Å². The van der Waals surface area contributed by atoms with Crippen LogP contribution in [0.4, 0.5) is 0 Å². The average molecular weight is 476 g/mol. The smallest absolute Gasteiger partial charge is 0.122 e. The molecule has 1 atom stereocenters. The normalized spacial score (nSPS) is 17.7. The predicted octanol–water partition coefficient (Wildman–Crippen LogP) is 6.82. The highest BCUT2D eigenvalue weighted by atomic mass is 16.5. The first-order chi connectivity index (χ1) is 17.0. The van der Waals surface area contributed by atoms with Crippen molar-refractivity contribution in [3.05, 3.63) is 77.4 Å². The predicted molar refractivity (Wildman–Crippen MR) is 146 cm³/mol. The van der Waals surface area contributed by atoms with E-state index >= 15 is 0 Å². The summed E-state index contributed by atoms with van der Waals surface area (Å²) >= 11 is 0. The van der Waals surface area contributed by atoms with Gasteiger partial charge in [-0.3, -0.25) is 5.41 Å². The summed E-state index contributed by atoms with van der Waals surface area (Å²) in [5.74, 6) is 2.64. The standard InChI is InChI=1S/C30H41N3O2/c1-2-29(31)25-13-17-27(18-14-25)34-21-4-3-7-23-8-5-9-24(12-11-23)10-6-22-35-28-19-15-26(16-20-28)30(32)33/h2,7,13-20,24H,3-6,8-12,21-22,31H2,1H3,(H3,32,33)/b23-7-,29-2-. The number of benzene rings is 2. The van der Waals surface area contributed by atoms with Gasteiger partial charge in [-0.15, -0.1) is 0 Å². The van der Waals surface area contributed by atoms with Crippen LogP contribution in [-0.2, 0) is 0 Å². The second-order valence-corrected chi connectivity index (χ2v) is 9.35. The molecule has 0 aliphatic heterocycles. The SMILES string of the molecule is C/C=C(\N)c1ccc(OCCC/C=C2/CCCC(CCCOc3ccc(C(=N)N)cc3)CC2)cc1. The number of hydrogen-bond donors (Lipinski definition) is 3. The summed E-state index contributed by atoms with van der Waals surface area (Å²) in [6.45, 7) is 3.42. The van der Waals surface area contributed by atoms with E-state index in [1.165, 1.54) is 38.5 Å². The zero-order chi connectivity index (χ0) is 24.9. The van der Waals surface area contributed by atoms with Crippen LogP contribution < -0.4 is 20.9 Å². The minimum Gasteiger partial charge on any atom is -0.494 e. The maximum atomic E-state index is 7.45. The van der Waals surface area contributed by atoms with Crippen molar-refractivity contribution in [2.45, 2.75) is 64.7 Å². The molecule has 1 aliphatic carbocycles. The molecule has 35 heavy (non-hydrogen) atoms. The van der Waals surface area contributed by atoms with Crippen LogP contribution in [0, 0.1) is 11.3 Å². The molecule has 0 saturated heterocycles. The van der Waals surface area contributed by atoms with Crippen molar-refractivity contribution in [3.63, 3.8) is 0 Å². The molecule has 5 N–H and O–H groups in total. The van der Waals surface area contributed by atoms with Gasteiger partial charge in [-0.1, -0.05) is 24.1 Å². The molecular formula is C30H41N3O2. The Bertz CT molecular complexity index is 978. The van der Waals surface area contributed by atoms with Gasteiger partial charge in [0, 0.05) is 11.3 Å². The van der Waals surface area contributed by atoms with Crippen molar-refractivity contribution < 1.29 is 9.47 Å². The van der Waals surface area contributed by atoms with Gasteiger partial charge in [-0.25, -0.2) is 0 Å². The van der Waals surface area contributed by atoms with Gasteiger partial charge >= 0.3 is 0 Å². The topological polar surface area (TPSA) is 94.4 Å². The zero-order valence-electron chi connectivity index (χ0n) is 21.1. The fourth-order valence-corrected chi connectivity index (χ4v) is 4.55. The highest BCUT2D eigenvalue weighted by Crippen LogP contribution is 2.30. The summed E-state index contributed by atoms with van der Waals surface area (Å²) < 4.78 is 11.8. The molecule has 0 bridgehead atoms. The van der Waals surface area contributed by atoms with Gasteiger partial charge in [0.25, 0.3) is 0 Å². The van der Waals surface area contributed by atoms with Gasteiger partial charge in [0.05, 0.1) is 13.2 Å². The minimum atomic E-state index is 0.0871. The Morgan fingerprint density at radius 2 is 1.51 bits per heavy atom. The Kier molecular flexibility index (Phi) is 10.7. The zero-order valence-corrected chi connectivity index (χ0v) is 21.1. The number of nitrogen functional groups attached to an aromatic ring is 1. The van der Waals surface area contributed by atoms with E-state index in [0.717, 1.165) is 66.7 Å². The first kappa shape index (κ1) is 26.4. The van der Waals surface area contributed by atoms with E-state index in [1.54, 1.807) is 5.57 Å². The van der Waals surface area contributed by atoms with Gasteiger partial charge in [0.15, 0.2) is 0 Å². The molecule has 5 heteroatoms. The van der Waals surface area contributed by atoms with E-state index in [1.807, 2.05) is 61.5 Å². The number of nitrogens with one attached hydrogen (secondary N) is 1. The molecule has 2 aromatic carbocycles. The van der Waals surface area contributed by atoms with E-state index in [-0.39, 0.29) is 5.84 Å². The minimum absolute atomic E-state index is 0.0871. The highest BCUT2D eigenvalue weighted by molar-refractivity contribution is 5.94. The first-order valence-corrected chi connectivity index (χ1v) is 13.0. The molecule has 0 amide bonds. The van der Waals surface area contributed by atoms with Crippen LogP contribution in [0.1, 0.15) is 75.8 Å². The Balaban J connectivity index is 1.28. The summed E-state index contributed by atoms with van der Waals surface area (Å²) in [5, 5.41) is 7.45. The summed E-state index contributed by atoms with van der Waals surface area (Å²) in [6, 6.07) is 15.4. The summed E-state index contributed by atoms with van der Waals surface area (Å²) in [5.41, 5.74) is 15.6. The third-order valence-electron chi connectivity index (χ3n) is 6.72. The first-order valence-electron chi connectivity index (χ1n) is 13.0. The van der Waals surface area contributed by atoms with Gasteiger partial charge in [0.1, 0.15) is 17.3 Å². The lowest BCUT2D eigenvalue weighted by atomic mass is 9.95. The van der Waals surface area contributed by atoms with Crippen molar-refractivity contribution in [1.82, 2.24) is 0 Å². The third kappa shape index (κ3) is 9.16. The molecule has 1 unspecified atom stereocenters. The van der Waals surface area contributed by atoms with E-state index in [2.05, 4.69) is 6.08 Å². The Morgan fingerprint density at radius 3 is 2.14 bits per heavy atom. The molecular weight excluding hydrogens is 434 g/mol. The van der Waals surface area contributed by atoms with Crippen LogP contribution >= 0.6 is 0 Å². The highest BCUT2D eigenvalue weighted by Gasteiger charge is 2.14. The van der Waals surface area contributed by atoms with E-state index in [0.29, 0.717) is 0 Å². The summed E-state index contributed by atoms with van der Waals surface area (Å²) in [7, 11) is 0. The van der Waals surface area contributed by atoms with Crippen molar-refractivity contribution in [1.29, 1.82) is 5.41 Å². The monoisotopic (exact) mass is 475 g/mol. The number of amidine groups is 1. The van der Waals surface area contributed by atoms with Crippen molar-refractivity contribution >= 4 is 11.5 Å². The van der Waals surface area contributed by atoms with E-state index < -0.39 is 0 Å². The van der Waals surface area contributed by atoms with Crippen molar-refractivity contribution in [2.75, 3.05) is 13.2 Å². The van der Waals surface area contributed by atoms with Crippen molar-refractivity contribution in [3.8, 4) is 11.5 Å². The van der Waals surface area contributed by atoms with Crippen molar-refractivity contribution in [2.24, 2.45) is 17.4 Å². The Labute approximate surface area is 210 Å². The molecule has 1 saturated carbocycles. The van der Waals surface area contributed by atoms with E-state index in [9.17, 15) is 0 Å². The summed E-state index contributed by atoms with van der Waals surface area (Å²) in [4.78, 5) is 0. The number of nitrogens with two attached hydrogens (primary N) is 2. The van der Waals surface area contributed by atoms with Gasteiger partial charge < -0.3 is 20.9 Å². The second-order valence-electron chi connectivity index (χ2n) is 9.35. The molecule has 1 fully saturated rings.